The minimum Gasteiger partial charge on any atom is -0.457 e. The van der Waals surface area contributed by atoms with E-state index >= 15 is 0 Å². The van der Waals surface area contributed by atoms with E-state index < -0.39 is 58.9 Å². The zero-order chi connectivity index (χ0) is 40.8. The van der Waals surface area contributed by atoms with Crippen LogP contribution < -0.4 is 26.6 Å². The molecule has 5 rings (SSSR count). The molecule has 56 heavy (non-hydrogen) atoms. The first-order valence-electron chi connectivity index (χ1n) is 18.2. The maximum Gasteiger partial charge on any atom is 0.413 e. The van der Waals surface area contributed by atoms with Gasteiger partial charge < -0.3 is 40.3 Å². The standard InChI is InChI=1S/C39H49N7O9S/c1-37(2,3)53-33(49)39(7,8)55-46-30(28-21-56-34(43-28)45-36(51)54-38(4,5)6)32(48)44-29-27(42-31(29)47)19-40-17-18-41-35(50)52-20-26-24-15-11-9-13-22(24)23-14-10-12-16-25(23)26/h9-16,21,26-27,29,40H,17-20H2,1-8H3,(H,41,50)(H,42,47)(H,44,48)(H,43,45,51)/t27-,29-/m0/s1. The van der Waals surface area contributed by atoms with Crippen LogP contribution in [-0.2, 0) is 33.4 Å². The monoisotopic (exact) mass is 791 g/mol. The van der Waals surface area contributed by atoms with Crippen molar-refractivity contribution in [2.24, 2.45) is 5.16 Å². The smallest absolute Gasteiger partial charge is 0.413 e. The first-order chi connectivity index (χ1) is 26.3. The Morgan fingerprint density at radius 2 is 1.48 bits per heavy atom. The number of aromatic nitrogens is 1. The third-order valence-corrected chi connectivity index (χ3v) is 9.16. The van der Waals surface area contributed by atoms with Crippen LogP contribution in [0.25, 0.3) is 11.1 Å². The van der Waals surface area contributed by atoms with Crippen LogP contribution in [0.4, 0.5) is 14.7 Å². The molecule has 0 saturated carbocycles. The highest BCUT2D eigenvalue weighted by molar-refractivity contribution is 7.14. The van der Waals surface area contributed by atoms with Crippen LogP contribution >= 0.6 is 11.3 Å². The van der Waals surface area contributed by atoms with Crippen molar-refractivity contribution >= 4 is 52.2 Å². The molecule has 1 aliphatic heterocycles. The number of ether oxygens (including phenoxy) is 3. The van der Waals surface area contributed by atoms with Crippen molar-refractivity contribution < 1.29 is 43.0 Å². The number of β-lactam (4-membered cyclic amide) rings is 1. The first kappa shape index (κ1) is 41.6. The van der Waals surface area contributed by atoms with Gasteiger partial charge in [-0.2, -0.15) is 0 Å². The summed E-state index contributed by atoms with van der Waals surface area (Å²) in [4.78, 5) is 73.8. The lowest BCUT2D eigenvalue weighted by molar-refractivity contribution is -0.179. The first-order valence-corrected chi connectivity index (χ1v) is 19.1. The second-order valence-corrected chi connectivity index (χ2v) is 16.6. The van der Waals surface area contributed by atoms with E-state index in [2.05, 4.69) is 61.0 Å². The van der Waals surface area contributed by atoms with E-state index in [9.17, 15) is 24.0 Å². The van der Waals surface area contributed by atoms with Gasteiger partial charge in [0.15, 0.2) is 10.8 Å². The summed E-state index contributed by atoms with van der Waals surface area (Å²) in [5.74, 6) is -2.03. The fourth-order valence-corrected chi connectivity index (χ4v) is 6.46. The minimum atomic E-state index is -1.61. The molecule has 3 aromatic rings. The molecule has 2 atom stereocenters. The van der Waals surface area contributed by atoms with Crippen molar-refractivity contribution in [2.75, 3.05) is 31.6 Å². The molecule has 4 amide bonds. The van der Waals surface area contributed by atoms with Gasteiger partial charge in [0.25, 0.3) is 5.91 Å². The van der Waals surface area contributed by atoms with Gasteiger partial charge in [-0.3, -0.25) is 14.9 Å². The number of rotatable bonds is 14. The number of anilines is 1. The number of benzene rings is 2. The molecule has 5 N–H and O–H groups in total. The average molecular weight is 792 g/mol. The highest BCUT2D eigenvalue weighted by Gasteiger charge is 2.42. The van der Waals surface area contributed by atoms with Gasteiger partial charge in [0.1, 0.15) is 29.5 Å². The number of esters is 1. The number of thiazole rings is 1. The van der Waals surface area contributed by atoms with Crippen molar-refractivity contribution in [1.29, 1.82) is 0 Å². The SMILES string of the molecule is CC(C)(C)OC(=O)Nc1nc(C(=NOC(C)(C)C(=O)OC(C)(C)C)C(=O)N[C@@H]2C(=O)N[C@H]2CNCCNC(=O)OCC2c3ccccc3-c3ccccc32)cs1. The molecule has 2 aromatic carbocycles. The molecule has 17 heteroatoms. The maximum atomic E-state index is 13.7. The number of fused-ring (bicyclic) bond motifs is 3. The number of alkyl carbamates (subject to hydrolysis) is 1. The summed E-state index contributed by atoms with van der Waals surface area (Å²) in [5, 5.41) is 19.4. The molecule has 1 saturated heterocycles. The van der Waals surface area contributed by atoms with Crippen LogP contribution in [-0.4, -0.2) is 95.8 Å². The summed E-state index contributed by atoms with van der Waals surface area (Å²) in [5.41, 5.74) is 0.997. The number of carbonyl (C=O) groups is 5. The predicted molar refractivity (Wildman–Crippen MR) is 209 cm³/mol. The summed E-state index contributed by atoms with van der Waals surface area (Å²) in [7, 11) is 0. The highest BCUT2D eigenvalue weighted by Crippen LogP contribution is 2.44. The fourth-order valence-electron chi connectivity index (χ4n) is 5.78. The molecule has 0 radical (unpaired) electrons. The Morgan fingerprint density at radius 3 is 2.09 bits per heavy atom. The molecule has 2 heterocycles. The van der Waals surface area contributed by atoms with E-state index in [4.69, 9.17) is 19.0 Å². The summed E-state index contributed by atoms with van der Waals surface area (Å²) < 4.78 is 16.3. The quantitative estimate of drug-likeness (QED) is 0.0385. The topological polar surface area (TPSA) is 208 Å². The van der Waals surface area contributed by atoms with Gasteiger partial charge in [0, 0.05) is 30.9 Å². The lowest BCUT2D eigenvalue weighted by Crippen LogP contribution is -2.72. The van der Waals surface area contributed by atoms with Crippen LogP contribution in [0.1, 0.15) is 78.1 Å². The average Bonchev–Trinajstić information content (AvgIpc) is 3.69. The molecule has 1 aliphatic carbocycles. The third kappa shape index (κ3) is 10.8. The highest BCUT2D eigenvalue weighted by atomic mass is 32.1. The lowest BCUT2D eigenvalue weighted by atomic mass is 9.98. The Morgan fingerprint density at radius 1 is 0.857 bits per heavy atom. The van der Waals surface area contributed by atoms with Crippen molar-refractivity contribution in [3.63, 3.8) is 0 Å². The van der Waals surface area contributed by atoms with E-state index in [-0.39, 0.29) is 42.2 Å². The summed E-state index contributed by atoms with van der Waals surface area (Å²) >= 11 is 0.999. The summed E-state index contributed by atoms with van der Waals surface area (Å²) in [6, 6.07) is 14.7. The molecule has 1 fully saturated rings. The van der Waals surface area contributed by atoms with E-state index in [1.54, 1.807) is 41.5 Å². The molecular weight excluding hydrogens is 743 g/mol. The zero-order valence-electron chi connectivity index (χ0n) is 32.7. The largest absolute Gasteiger partial charge is 0.457 e. The van der Waals surface area contributed by atoms with Crippen LogP contribution in [0, 0.1) is 0 Å². The predicted octanol–water partition coefficient (Wildman–Crippen LogP) is 4.44. The molecule has 0 unspecified atom stereocenters. The van der Waals surface area contributed by atoms with Gasteiger partial charge in [0.05, 0.1) is 6.04 Å². The number of nitrogens with zero attached hydrogens (tertiary/aromatic N) is 2. The molecule has 300 valence electrons. The normalized spacial score (nSPS) is 16.7. The van der Waals surface area contributed by atoms with Crippen molar-refractivity contribution in [3.8, 4) is 11.1 Å². The Hall–Kier alpha value is -5.55. The van der Waals surface area contributed by atoms with Crippen molar-refractivity contribution in [1.82, 2.24) is 26.3 Å². The number of carbonyl (C=O) groups excluding carboxylic acids is 5. The second-order valence-electron chi connectivity index (χ2n) is 15.7. The van der Waals surface area contributed by atoms with Gasteiger partial charge in [-0.05, 0) is 77.6 Å². The Balaban J connectivity index is 1.14. The molecule has 0 bridgehead atoms. The van der Waals surface area contributed by atoms with E-state index in [1.165, 1.54) is 19.2 Å². The van der Waals surface area contributed by atoms with E-state index in [0.29, 0.717) is 6.54 Å². The Kier molecular flexibility index (Phi) is 12.7. The van der Waals surface area contributed by atoms with E-state index in [1.807, 2.05) is 24.3 Å². The fraction of sp³-hybridized carbons (Fsp3) is 0.462. The maximum absolute atomic E-state index is 13.7. The van der Waals surface area contributed by atoms with Gasteiger partial charge in [0.2, 0.25) is 11.5 Å². The van der Waals surface area contributed by atoms with Gasteiger partial charge >= 0.3 is 18.2 Å². The molecule has 1 aromatic heterocycles. The number of hydrogen-bond donors (Lipinski definition) is 5. The molecule has 16 nitrogen and oxygen atoms in total. The van der Waals surface area contributed by atoms with Crippen LogP contribution in [0.2, 0.25) is 0 Å². The van der Waals surface area contributed by atoms with Crippen molar-refractivity contribution in [3.05, 3.63) is 70.7 Å². The number of hydrogen-bond acceptors (Lipinski definition) is 13. The third-order valence-electron chi connectivity index (χ3n) is 8.40. The summed E-state index contributed by atoms with van der Waals surface area (Å²) in [6.07, 6.45) is -1.30. The van der Waals surface area contributed by atoms with Crippen molar-refractivity contribution in [2.45, 2.75) is 90.2 Å². The number of oxime groups is 1. The Bertz CT molecular complexity index is 1940. The van der Waals surface area contributed by atoms with Crippen LogP contribution in [0.5, 0.6) is 0 Å². The van der Waals surface area contributed by atoms with Crippen LogP contribution in [0.3, 0.4) is 0 Å². The summed E-state index contributed by atoms with van der Waals surface area (Å²) in [6.45, 7) is 14.2. The minimum absolute atomic E-state index is 0.00673. The van der Waals surface area contributed by atoms with Gasteiger partial charge in [-0.15, -0.1) is 11.3 Å². The number of nitrogens with one attached hydrogen (secondary N) is 5. The van der Waals surface area contributed by atoms with Crippen LogP contribution in [0.15, 0.2) is 59.1 Å². The second kappa shape index (κ2) is 17.1. The zero-order valence-corrected chi connectivity index (χ0v) is 33.6. The molecular formula is C39H49N7O9S. The molecule has 2 aliphatic rings. The van der Waals surface area contributed by atoms with Gasteiger partial charge in [-0.1, -0.05) is 53.7 Å². The van der Waals surface area contributed by atoms with Gasteiger partial charge in [-0.25, -0.2) is 19.4 Å². The lowest BCUT2D eigenvalue weighted by Gasteiger charge is -2.37. The number of amides is 4. The Labute approximate surface area is 329 Å². The van der Waals surface area contributed by atoms with E-state index in [0.717, 1.165) is 33.6 Å². The molecule has 0 spiro atoms.